The van der Waals surface area contributed by atoms with Crippen LogP contribution in [0.25, 0.3) is 11.1 Å². The highest BCUT2D eigenvalue weighted by Crippen LogP contribution is 2.38. The number of methoxy groups -OCH3 is 1. The summed E-state index contributed by atoms with van der Waals surface area (Å²) in [4.78, 5) is 15.1. The Kier molecular flexibility index (Phi) is 7.84. The molecule has 0 atom stereocenters. The smallest absolute Gasteiger partial charge is 0.405 e. The number of ether oxygens (including phenoxy) is 2. The number of aryl methyl sites for hydroxylation is 1. The van der Waals surface area contributed by atoms with Gasteiger partial charge in [-0.05, 0) is 70.1 Å². The summed E-state index contributed by atoms with van der Waals surface area (Å²) in [6, 6.07) is 3.31. The predicted molar refractivity (Wildman–Crippen MR) is 121 cm³/mol. The molecular formula is C23H34ClFN2O4. The summed E-state index contributed by atoms with van der Waals surface area (Å²) in [5.74, 6) is -0.914. The van der Waals surface area contributed by atoms with Gasteiger partial charge in [0.15, 0.2) is 11.4 Å². The van der Waals surface area contributed by atoms with Gasteiger partial charge in [0.25, 0.3) is 0 Å². The topological polar surface area (TPSA) is 56.8 Å². The highest BCUT2D eigenvalue weighted by Gasteiger charge is 2.39. The molecule has 1 aliphatic heterocycles. The van der Waals surface area contributed by atoms with E-state index in [2.05, 4.69) is 11.8 Å². The first kappa shape index (κ1) is 24.2. The van der Waals surface area contributed by atoms with Crippen LogP contribution in [0.5, 0.6) is 0 Å². The van der Waals surface area contributed by atoms with Gasteiger partial charge in [0, 0.05) is 31.8 Å². The van der Waals surface area contributed by atoms with Gasteiger partial charge in [-0.25, -0.2) is 9.18 Å². The number of hydrogen-bond acceptors (Lipinski definition) is 5. The molecule has 1 aromatic heterocycles. The van der Waals surface area contributed by atoms with Crippen LogP contribution in [0.1, 0.15) is 57.1 Å². The Morgan fingerprint density at radius 2 is 1.84 bits per heavy atom. The number of rotatable bonds is 6. The molecule has 0 N–H and O–H groups in total. The van der Waals surface area contributed by atoms with Crippen LogP contribution in [0.2, 0.25) is 0 Å². The molecule has 1 saturated heterocycles. The third kappa shape index (κ3) is 5.00. The molecular weight excluding hydrogens is 423 g/mol. The number of fused-ring (bicyclic) bond motifs is 1. The second-order valence-corrected chi connectivity index (χ2v) is 9.11. The zero-order chi connectivity index (χ0) is 21.3. The van der Waals surface area contributed by atoms with Crippen LogP contribution in [0, 0.1) is 12.7 Å². The van der Waals surface area contributed by atoms with E-state index < -0.39 is 11.6 Å². The second kappa shape index (κ2) is 10.0. The Hall–Kier alpha value is -1.41. The van der Waals surface area contributed by atoms with Crippen molar-refractivity contribution in [2.75, 3.05) is 33.4 Å². The van der Waals surface area contributed by atoms with Crippen molar-refractivity contribution in [3.63, 3.8) is 0 Å². The predicted octanol–water partition coefficient (Wildman–Crippen LogP) is 4.47. The van der Waals surface area contributed by atoms with Crippen LogP contribution in [0.4, 0.5) is 4.39 Å². The van der Waals surface area contributed by atoms with Gasteiger partial charge in [-0.15, -0.1) is 12.4 Å². The minimum Gasteiger partial charge on any atom is -0.405 e. The third-order valence-corrected chi connectivity index (χ3v) is 7.06. The molecule has 2 aromatic rings. The highest BCUT2D eigenvalue weighted by atomic mass is 35.5. The molecule has 0 radical (unpaired) electrons. The van der Waals surface area contributed by atoms with Gasteiger partial charge in [0.2, 0.25) is 0 Å². The summed E-state index contributed by atoms with van der Waals surface area (Å²) in [6.45, 7) is 7.37. The summed E-state index contributed by atoms with van der Waals surface area (Å²) < 4.78 is 32.1. The molecule has 8 heteroatoms. The van der Waals surface area contributed by atoms with E-state index >= 15 is 0 Å². The maximum absolute atomic E-state index is 14.2. The lowest BCUT2D eigenvalue weighted by atomic mass is 9.79. The number of benzene rings is 1. The van der Waals surface area contributed by atoms with E-state index in [0.29, 0.717) is 24.8 Å². The maximum atomic E-state index is 14.2. The van der Waals surface area contributed by atoms with Gasteiger partial charge in [0.1, 0.15) is 0 Å². The fourth-order valence-corrected chi connectivity index (χ4v) is 5.23. The molecule has 0 bridgehead atoms. The van der Waals surface area contributed by atoms with Crippen LogP contribution >= 0.6 is 12.4 Å². The van der Waals surface area contributed by atoms with Crippen LogP contribution in [-0.4, -0.2) is 54.5 Å². The Labute approximate surface area is 189 Å². The Morgan fingerprint density at radius 3 is 2.48 bits per heavy atom. The minimum absolute atomic E-state index is 0. The normalized spacial score (nSPS) is 25.6. The minimum atomic E-state index is -0.463. The van der Waals surface area contributed by atoms with E-state index in [1.807, 2.05) is 13.0 Å². The van der Waals surface area contributed by atoms with E-state index in [1.165, 1.54) is 6.07 Å². The Balaban J connectivity index is 0.00000272. The lowest BCUT2D eigenvalue weighted by molar-refractivity contribution is -0.0419. The number of oxazole rings is 1. The monoisotopic (exact) mass is 456 g/mol. The van der Waals surface area contributed by atoms with Gasteiger partial charge >= 0.3 is 5.76 Å². The highest BCUT2D eigenvalue weighted by molar-refractivity contribution is 5.85. The van der Waals surface area contributed by atoms with E-state index in [9.17, 15) is 9.18 Å². The summed E-state index contributed by atoms with van der Waals surface area (Å²) in [7, 11) is 1.70. The van der Waals surface area contributed by atoms with Crippen molar-refractivity contribution < 1.29 is 18.3 Å². The largest absolute Gasteiger partial charge is 0.420 e. The molecule has 2 heterocycles. The molecule has 6 nitrogen and oxygen atoms in total. The number of piperidine rings is 1. The van der Waals surface area contributed by atoms with Crippen LogP contribution < -0.4 is 5.76 Å². The van der Waals surface area contributed by atoms with Crippen molar-refractivity contribution in [3.05, 3.63) is 34.1 Å². The molecule has 2 aliphatic rings. The van der Waals surface area contributed by atoms with Gasteiger partial charge in [0.05, 0.1) is 24.8 Å². The van der Waals surface area contributed by atoms with Crippen molar-refractivity contribution in [1.29, 1.82) is 0 Å². The Morgan fingerprint density at radius 1 is 1.16 bits per heavy atom. The van der Waals surface area contributed by atoms with Gasteiger partial charge in [-0.3, -0.25) is 9.47 Å². The number of halogens is 2. The number of likely N-dealkylation sites (tertiary alicyclic amines) is 1. The summed E-state index contributed by atoms with van der Waals surface area (Å²) in [5, 5.41) is 0. The van der Waals surface area contributed by atoms with Crippen LogP contribution in [0.3, 0.4) is 0 Å². The first-order valence-electron chi connectivity index (χ1n) is 11.1. The number of aromatic nitrogens is 1. The lowest BCUT2D eigenvalue weighted by Gasteiger charge is -2.48. The average molecular weight is 457 g/mol. The van der Waals surface area contributed by atoms with Gasteiger partial charge in [-0.2, -0.15) is 0 Å². The van der Waals surface area contributed by atoms with E-state index in [-0.39, 0.29) is 29.6 Å². The molecule has 174 valence electrons. The van der Waals surface area contributed by atoms with Crippen molar-refractivity contribution in [2.45, 2.75) is 70.1 Å². The molecule has 1 saturated carbocycles. The SMILES string of the molecule is COCCO[C@H]1CC[C@](C)(N2CCC(n3c(=O)oc4c(F)cc(C)cc43)CC2)CC1.Cl. The molecule has 0 amide bonds. The fraction of sp³-hybridized carbons (Fsp3) is 0.696. The second-order valence-electron chi connectivity index (χ2n) is 9.11. The molecule has 0 unspecified atom stereocenters. The lowest BCUT2D eigenvalue weighted by Crippen LogP contribution is -2.53. The molecule has 1 aliphatic carbocycles. The molecule has 2 fully saturated rings. The quantitative estimate of drug-likeness (QED) is 0.600. The van der Waals surface area contributed by atoms with Gasteiger partial charge in [-0.1, -0.05) is 0 Å². The summed E-state index contributed by atoms with van der Waals surface area (Å²) in [5.41, 5.74) is 1.63. The molecule has 0 spiro atoms. The maximum Gasteiger partial charge on any atom is 0.420 e. The van der Waals surface area contributed by atoms with Gasteiger partial charge < -0.3 is 13.9 Å². The third-order valence-electron chi connectivity index (χ3n) is 7.06. The molecule has 31 heavy (non-hydrogen) atoms. The van der Waals surface area contributed by atoms with E-state index in [1.54, 1.807) is 11.7 Å². The van der Waals surface area contributed by atoms with Crippen molar-refractivity contribution in [2.24, 2.45) is 0 Å². The average Bonchev–Trinajstić information content (AvgIpc) is 3.06. The van der Waals surface area contributed by atoms with Crippen molar-refractivity contribution in [3.8, 4) is 0 Å². The first-order chi connectivity index (χ1) is 14.4. The fourth-order valence-electron chi connectivity index (χ4n) is 5.23. The zero-order valence-corrected chi connectivity index (χ0v) is 19.5. The summed E-state index contributed by atoms with van der Waals surface area (Å²) >= 11 is 0. The number of nitrogens with zero attached hydrogens (tertiary/aromatic N) is 2. The van der Waals surface area contributed by atoms with Crippen molar-refractivity contribution in [1.82, 2.24) is 9.47 Å². The molecule has 1 aromatic carbocycles. The van der Waals surface area contributed by atoms with Crippen molar-refractivity contribution >= 4 is 23.5 Å². The number of hydrogen-bond donors (Lipinski definition) is 0. The zero-order valence-electron chi connectivity index (χ0n) is 18.7. The summed E-state index contributed by atoms with van der Waals surface area (Å²) in [6.07, 6.45) is 6.46. The van der Waals surface area contributed by atoms with E-state index in [0.717, 1.165) is 57.2 Å². The van der Waals surface area contributed by atoms with Crippen LogP contribution in [0.15, 0.2) is 21.3 Å². The standard InChI is InChI=1S/C23H33FN2O4.ClH/c1-16-14-19(24)21-20(15-16)26(22(27)30-21)17-6-10-25(11-7-17)23(2)8-4-18(5-9-23)29-13-12-28-3;/h14-15,17-18H,4-13H2,1-3H3;1H/t18-,23-;. The molecule has 4 rings (SSSR count). The van der Waals surface area contributed by atoms with E-state index in [4.69, 9.17) is 13.9 Å². The van der Waals surface area contributed by atoms with Crippen LogP contribution in [-0.2, 0) is 9.47 Å². The first-order valence-corrected chi connectivity index (χ1v) is 11.1. The Bertz CT molecular complexity index is 928.